The van der Waals surface area contributed by atoms with Gasteiger partial charge in [-0.25, -0.2) is 9.37 Å². The van der Waals surface area contributed by atoms with Gasteiger partial charge in [0.2, 0.25) is 0 Å². The molecule has 0 fully saturated rings. The number of thioether (sulfide) groups is 1. The summed E-state index contributed by atoms with van der Waals surface area (Å²) < 4.78 is 16.0. The fraction of sp³-hybridized carbons (Fsp3) is 0.208. The molecule has 0 amide bonds. The highest BCUT2D eigenvalue weighted by Crippen LogP contribution is 2.35. The number of ketones is 1. The molecule has 8 heteroatoms. The number of Topliss-reactive ketones (excluding diaryl/α,β-unsaturated/α-hetero) is 1. The summed E-state index contributed by atoms with van der Waals surface area (Å²) in [7, 11) is 0. The number of para-hydroxylation sites is 1. The minimum absolute atomic E-state index is 0.0686. The molecule has 0 N–H and O–H groups in total. The van der Waals surface area contributed by atoms with E-state index in [1.165, 1.54) is 26.8 Å². The first-order chi connectivity index (χ1) is 15.5. The number of nitrogens with zero attached hydrogens (tertiary/aromatic N) is 2. The van der Waals surface area contributed by atoms with Crippen LogP contribution in [0.4, 0.5) is 4.39 Å². The van der Waals surface area contributed by atoms with Crippen molar-refractivity contribution in [3.05, 3.63) is 85.7 Å². The minimum atomic E-state index is -0.509. The third-order valence-corrected chi connectivity index (χ3v) is 7.93. The van der Waals surface area contributed by atoms with Gasteiger partial charge >= 0.3 is 0 Å². The molecule has 0 radical (unpaired) electrons. The molecular formula is C24H18ClFN2O2S2. The van der Waals surface area contributed by atoms with Crippen molar-refractivity contribution in [1.29, 1.82) is 0 Å². The summed E-state index contributed by atoms with van der Waals surface area (Å²) in [5, 5.41) is 1.45. The van der Waals surface area contributed by atoms with Crippen molar-refractivity contribution in [2.45, 2.75) is 30.8 Å². The Balaban J connectivity index is 1.61. The van der Waals surface area contributed by atoms with Gasteiger partial charge < -0.3 is 0 Å². The summed E-state index contributed by atoms with van der Waals surface area (Å²) in [5.41, 5.74) is 1.44. The van der Waals surface area contributed by atoms with Crippen molar-refractivity contribution in [3.63, 3.8) is 0 Å². The van der Waals surface area contributed by atoms with Crippen LogP contribution in [0.25, 0.3) is 15.9 Å². The van der Waals surface area contributed by atoms with Crippen molar-refractivity contribution in [3.8, 4) is 5.69 Å². The van der Waals surface area contributed by atoms with Gasteiger partial charge in [-0.05, 0) is 67.6 Å². The van der Waals surface area contributed by atoms with Gasteiger partial charge in [-0.1, -0.05) is 35.5 Å². The van der Waals surface area contributed by atoms with Gasteiger partial charge in [0.1, 0.15) is 10.6 Å². The molecule has 162 valence electrons. The lowest BCUT2D eigenvalue weighted by atomic mass is 9.97. The molecule has 5 rings (SSSR count). The molecule has 0 unspecified atom stereocenters. The Hall–Kier alpha value is -2.48. The van der Waals surface area contributed by atoms with Crippen molar-refractivity contribution < 1.29 is 9.18 Å². The zero-order chi connectivity index (χ0) is 22.2. The number of carbonyl (C=O) groups excluding carboxylic acids is 1. The Bertz CT molecular complexity index is 1400. The van der Waals surface area contributed by atoms with Crippen LogP contribution in [0, 0.1) is 5.82 Å². The normalized spacial score (nSPS) is 13.3. The molecule has 0 spiro atoms. The zero-order valence-corrected chi connectivity index (χ0v) is 19.3. The topological polar surface area (TPSA) is 52.0 Å². The molecule has 0 aliphatic heterocycles. The molecule has 2 aromatic heterocycles. The van der Waals surface area contributed by atoms with E-state index in [2.05, 4.69) is 0 Å². The van der Waals surface area contributed by atoms with E-state index < -0.39 is 5.82 Å². The number of hydrogen-bond acceptors (Lipinski definition) is 5. The molecule has 1 aliphatic rings. The number of aryl methyl sites for hydroxylation is 2. The molecule has 32 heavy (non-hydrogen) atoms. The largest absolute Gasteiger partial charge is 0.293 e. The Morgan fingerprint density at radius 3 is 2.66 bits per heavy atom. The fourth-order valence-corrected chi connectivity index (χ4v) is 6.31. The quantitative estimate of drug-likeness (QED) is 0.195. The van der Waals surface area contributed by atoms with E-state index in [1.54, 1.807) is 42.5 Å². The van der Waals surface area contributed by atoms with Gasteiger partial charge in [0, 0.05) is 15.5 Å². The lowest BCUT2D eigenvalue weighted by Crippen LogP contribution is -2.23. The summed E-state index contributed by atoms with van der Waals surface area (Å²) in [6.45, 7) is 0. The number of fused-ring (bicyclic) bond motifs is 3. The van der Waals surface area contributed by atoms with Crippen molar-refractivity contribution >= 4 is 50.7 Å². The summed E-state index contributed by atoms with van der Waals surface area (Å²) >= 11 is 8.59. The van der Waals surface area contributed by atoms with E-state index in [4.69, 9.17) is 16.6 Å². The molecule has 0 bridgehead atoms. The molecule has 0 atom stereocenters. The van der Waals surface area contributed by atoms with Gasteiger partial charge in [-0.3, -0.25) is 14.2 Å². The first-order valence-electron chi connectivity index (χ1n) is 10.3. The molecule has 4 nitrogen and oxygen atoms in total. The third-order valence-electron chi connectivity index (χ3n) is 5.55. The van der Waals surface area contributed by atoms with Crippen LogP contribution in [-0.4, -0.2) is 21.1 Å². The average Bonchev–Trinajstić information content (AvgIpc) is 3.17. The molecule has 0 saturated carbocycles. The van der Waals surface area contributed by atoms with E-state index in [-0.39, 0.29) is 22.8 Å². The standard InChI is InChI=1S/C24H18ClFN2O2S2/c25-15-11-9-14(10-12-15)19(29)13-31-24-27-22-21(16-5-1-4-8-20(16)32-22)23(30)28(24)18-7-3-2-6-17(18)26/h2-3,6-7,9-12H,1,4-5,8,13H2. The molecule has 2 aromatic carbocycles. The summed E-state index contributed by atoms with van der Waals surface area (Å²) in [6, 6.07) is 12.8. The van der Waals surface area contributed by atoms with E-state index in [1.807, 2.05) is 0 Å². The molecular weight excluding hydrogens is 467 g/mol. The van der Waals surface area contributed by atoms with Crippen LogP contribution in [0.2, 0.25) is 5.02 Å². The van der Waals surface area contributed by atoms with Gasteiger partial charge in [-0.2, -0.15) is 0 Å². The molecule has 1 aliphatic carbocycles. The second-order valence-corrected chi connectivity index (χ2v) is 10.1. The molecule has 2 heterocycles. The van der Waals surface area contributed by atoms with E-state index in [0.29, 0.717) is 26.0 Å². The second-order valence-electron chi connectivity index (χ2n) is 7.60. The molecule has 4 aromatic rings. The van der Waals surface area contributed by atoms with Crippen LogP contribution in [-0.2, 0) is 12.8 Å². The minimum Gasteiger partial charge on any atom is -0.293 e. The average molecular weight is 485 g/mol. The number of carbonyl (C=O) groups is 1. The predicted octanol–water partition coefficient (Wildman–Crippen LogP) is 6.09. The van der Waals surface area contributed by atoms with E-state index in [9.17, 15) is 14.0 Å². The predicted molar refractivity (Wildman–Crippen MR) is 128 cm³/mol. The number of halogens is 2. The van der Waals surface area contributed by atoms with Crippen molar-refractivity contribution in [1.82, 2.24) is 9.55 Å². The maximum atomic E-state index is 14.7. The van der Waals surface area contributed by atoms with E-state index in [0.717, 1.165) is 43.0 Å². The van der Waals surface area contributed by atoms with Crippen molar-refractivity contribution in [2.75, 3.05) is 5.75 Å². The highest BCUT2D eigenvalue weighted by molar-refractivity contribution is 7.99. The lowest BCUT2D eigenvalue weighted by Gasteiger charge is -2.14. The van der Waals surface area contributed by atoms with Crippen LogP contribution in [0.1, 0.15) is 33.6 Å². The summed E-state index contributed by atoms with van der Waals surface area (Å²) in [5.74, 6) is -0.559. The number of benzene rings is 2. The highest BCUT2D eigenvalue weighted by Gasteiger charge is 2.24. The second kappa shape index (κ2) is 8.81. The number of rotatable bonds is 5. The van der Waals surface area contributed by atoms with Gasteiger partial charge in [-0.15, -0.1) is 11.3 Å². The van der Waals surface area contributed by atoms with Crippen LogP contribution in [0.15, 0.2) is 58.5 Å². The Labute approximate surface area is 197 Å². The Kier molecular flexibility index (Phi) is 5.88. The van der Waals surface area contributed by atoms with Crippen LogP contribution >= 0.6 is 34.7 Å². The Morgan fingerprint density at radius 2 is 1.88 bits per heavy atom. The third kappa shape index (κ3) is 3.89. The van der Waals surface area contributed by atoms with Crippen LogP contribution < -0.4 is 5.56 Å². The number of hydrogen-bond donors (Lipinski definition) is 0. The summed E-state index contributed by atoms with van der Waals surface area (Å²) in [4.78, 5) is 32.9. The maximum Gasteiger partial charge on any atom is 0.267 e. The monoisotopic (exact) mass is 484 g/mol. The van der Waals surface area contributed by atoms with Gasteiger partial charge in [0.15, 0.2) is 10.9 Å². The first kappa shape index (κ1) is 21.4. The highest BCUT2D eigenvalue weighted by atomic mass is 35.5. The zero-order valence-electron chi connectivity index (χ0n) is 16.9. The van der Waals surface area contributed by atoms with Gasteiger partial charge in [0.05, 0.1) is 16.8 Å². The van der Waals surface area contributed by atoms with Crippen LogP contribution in [0.5, 0.6) is 0 Å². The van der Waals surface area contributed by atoms with Crippen LogP contribution in [0.3, 0.4) is 0 Å². The maximum absolute atomic E-state index is 14.7. The Morgan fingerprint density at radius 1 is 1.12 bits per heavy atom. The van der Waals surface area contributed by atoms with Crippen molar-refractivity contribution in [2.24, 2.45) is 0 Å². The fourth-order valence-electron chi connectivity index (χ4n) is 3.98. The molecule has 0 saturated heterocycles. The number of aromatic nitrogens is 2. The lowest BCUT2D eigenvalue weighted by molar-refractivity contribution is 0.102. The first-order valence-corrected chi connectivity index (χ1v) is 12.4. The smallest absolute Gasteiger partial charge is 0.267 e. The van der Waals surface area contributed by atoms with Gasteiger partial charge in [0.25, 0.3) is 5.56 Å². The van der Waals surface area contributed by atoms with E-state index >= 15 is 0 Å². The SMILES string of the molecule is O=C(CSc1nc2sc3c(c2c(=O)n1-c1ccccc1F)CCCC3)c1ccc(Cl)cc1. The number of thiophene rings is 1. The summed E-state index contributed by atoms with van der Waals surface area (Å²) in [6.07, 6.45) is 3.90.